The van der Waals surface area contributed by atoms with Gasteiger partial charge in [-0.1, -0.05) is 48.2 Å². The van der Waals surface area contributed by atoms with E-state index in [1.807, 2.05) is 60.7 Å². The number of hydrogen-bond acceptors (Lipinski definition) is 5. The molecule has 1 unspecified atom stereocenters. The fourth-order valence-electron chi connectivity index (χ4n) is 3.99. The van der Waals surface area contributed by atoms with Crippen molar-refractivity contribution in [3.05, 3.63) is 81.5 Å². The number of hydrogen-bond donors (Lipinski definition) is 2. The molecule has 0 spiro atoms. The molecule has 0 radical (unpaired) electrons. The third-order valence-electron chi connectivity index (χ3n) is 5.55. The summed E-state index contributed by atoms with van der Waals surface area (Å²) < 4.78 is 1.65. The van der Waals surface area contributed by atoms with E-state index in [1.54, 1.807) is 15.9 Å². The van der Waals surface area contributed by atoms with Gasteiger partial charge in [0.15, 0.2) is 5.16 Å². The number of nitrogens with one attached hydrogen (secondary N) is 2. The van der Waals surface area contributed by atoms with E-state index < -0.39 is 0 Å². The Kier molecular flexibility index (Phi) is 5.82. The van der Waals surface area contributed by atoms with Gasteiger partial charge in [0.05, 0.1) is 35.3 Å². The summed E-state index contributed by atoms with van der Waals surface area (Å²) >= 11 is 2.90. The molecule has 3 heterocycles. The zero-order chi connectivity index (χ0) is 22.1. The van der Waals surface area contributed by atoms with Crippen molar-refractivity contribution in [1.82, 2.24) is 9.55 Å². The molecule has 4 aromatic rings. The number of likely N-dealkylation sites (N-methyl/N-ethyl adjacent to an activating group) is 1. The number of amides is 1. The minimum Gasteiger partial charge on any atom is -0.333 e. The van der Waals surface area contributed by atoms with Crippen LogP contribution in [0, 0.1) is 0 Å². The molecular weight excluding hydrogens is 440 g/mol. The summed E-state index contributed by atoms with van der Waals surface area (Å²) in [4.78, 5) is 34.6. The number of anilines is 1. The molecule has 1 aliphatic heterocycles. The van der Waals surface area contributed by atoms with Gasteiger partial charge in [0, 0.05) is 12.1 Å². The van der Waals surface area contributed by atoms with Gasteiger partial charge < -0.3 is 10.2 Å². The maximum absolute atomic E-state index is 13.7. The number of aromatic nitrogens is 2. The predicted octanol–water partition coefficient (Wildman–Crippen LogP) is 2.75. The van der Waals surface area contributed by atoms with Crippen molar-refractivity contribution in [3.63, 3.8) is 0 Å². The Labute approximate surface area is 193 Å². The Morgan fingerprint density at radius 1 is 1.16 bits per heavy atom. The lowest BCUT2D eigenvalue weighted by molar-refractivity contribution is -0.895. The number of carbonyl (C=O) groups is 1. The number of fused-ring (bicyclic) bond motifs is 3. The molecule has 0 fully saturated rings. The highest BCUT2D eigenvalue weighted by Crippen LogP contribution is 2.31. The first-order valence-corrected chi connectivity index (χ1v) is 12.3. The molecule has 1 atom stereocenters. The van der Waals surface area contributed by atoms with Gasteiger partial charge >= 0.3 is 0 Å². The average molecular weight is 464 g/mol. The zero-order valence-electron chi connectivity index (χ0n) is 17.6. The van der Waals surface area contributed by atoms with Crippen molar-refractivity contribution in [2.45, 2.75) is 18.1 Å². The Morgan fingerprint density at radius 3 is 2.62 bits per heavy atom. The molecule has 1 aliphatic rings. The van der Waals surface area contributed by atoms with Gasteiger partial charge in [-0.05, 0) is 29.8 Å². The molecule has 0 saturated heterocycles. The van der Waals surface area contributed by atoms with Crippen LogP contribution >= 0.6 is 23.1 Å². The Balaban J connectivity index is 1.53. The summed E-state index contributed by atoms with van der Waals surface area (Å²) in [6, 6.07) is 18.9. The van der Waals surface area contributed by atoms with Gasteiger partial charge in [-0.25, -0.2) is 4.98 Å². The van der Waals surface area contributed by atoms with Crippen LogP contribution < -0.4 is 15.8 Å². The largest absolute Gasteiger partial charge is 0.333 e. The molecule has 1 amide bonds. The van der Waals surface area contributed by atoms with E-state index in [2.05, 4.69) is 12.4 Å². The number of thioether (sulfide) groups is 1. The van der Waals surface area contributed by atoms with Gasteiger partial charge in [-0.3, -0.25) is 14.2 Å². The minimum absolute atomic E-state index is 0.0516. The molecule has 0 saturated carbocycles. The summed E-state index contributed by atoms with van der Waals surface area (Å²) in [5.41, 5.74) is 2.61. The lowest BCUT2D eigenvalue weighted by Crippen LogP contribution is -3.08. The molecule has 2 N–H and O–H groups in total. The Bertz CT molecular complexity index is 1330. The third-order valence-corrected chi connectivity index (χ3v) is 7.61. The van der Waals surface area contributed by atoms with Crippen molar-refractivity contribution in [2.75, 3.05) is 24.7 Å². The lowest BCUT2D eigenvalue weighted by Gasteiger charge is -2.19. The standard InChI is InChI=1S/C24H22N4O2S2/c1-27-13-12-18-19(14-27)32-22-21(18)23(30)28(17-10-6-3-7-11-17)24(26-22)31-15-20(29)25-16-8-4-2-5-9-16/h2-11H,12-15H2,1H3,(H,25,29)/p+1. The second-order valence-corrected chi connectivity index (χ2v) is 9.92. The van der Waals surface area contributed by atoms with Crippen molar-refractivity contribution >= 4 is 44.9 Å². The molecule has 5 rings (SSSR count). The number of para-hydroxylation sites is 2. The van der Waals surface area contributed by atoms with Crippen LogP contribution in [0.25, 0.3) is 15.9 Å². The SMILES string of the molecule is C[NH+]1CCc2c(sc3nc(SCC(=O)Nc4ccccc4)n(-c4ccccc4)c(=O)c23)C1. The summed E-state index contributed by atoms with van der Waals surface area (Å²) in [6.45, 7) is 1.93. The molecule has 6 nitrogen and oxygen atoms in total. The second kappa shape index (κ2) is 8.90. The molecule has 0 aliphatic carbocycles. The van der Waals surface area contributed by atoms with Crippen LogP contribution in [0.5, 0.6) is 0 Å². The summed E-state index contributed by atoms with van der Waals surface area (Å²) in [5.74, 6) is 0.0309. The van der Waals surface area contributed by atoms with Crippen LogP contribution in [0.15, 0.2) is 70.6 Å². The zero-order valence-corrected chi connectivity index (χ0v) is 19.3. The fraction of sp³-hybridized carbons (Fsp3) is 0.208. The highest BCUT2D eigenvalue weighted by Gasteiger charge is 2.26. The van der Waals surface area contributed by atoms with Crippen molar-refractivity contribution in [2.24, 2.45) is 0 Å². The second-order valence-electron chi connectivity index (χ2n) is 7.89. The summed E-state index contributed by atoms with van der Waals surface area (Å²) in [5, 5.41) is 4.17. The van der Waals surface area contributed by atoms with Crippen molar-refractivity contribution < 1.29 is 9.69 Å². The smallest absolute Gasteiger partial charge is 0.267 e. The van der Waals surface area contributed by atoms with Crippen LogP contribution in [-0.4, -0.2) is 34.8 Å². The quantitative estimate of drug-likeness (QED) is 0.353. The minimum atomic E-state index is -0.133. The molecule has 8 heteroatoms. The van der Waals surface area contributed by atoms with E-state index in [0.717, 1.165) is 46.7 Å². The molecule has 162 valence electrons. The van der Waals surface area contributed by atoms with Crippen molar-refractivity contribution in [1.29, 1.82) is 0 Å². The normalized spacial score (nSPS) is 15.5. The Hall–Kier alpha value is -2.94. The maximum atomic E-state index is 13.7. The maximum Gasteiger partial charge on any atom is 0.267 e. The van der Waals surface area contributed by atoms with Crippen LogP contribution in [0.4, 0.5) is 5.69 Å². The van der Waals surface area contributed by atoms with Gasteiger partial charge in [-0.15, -0.1) is 11.3 Å². The Morgan fingerprint density at radius 2 is 1.88 bits per heavy atom. The fourth-order valence-corrected chi connectivity index (χ4v) is 6.18. The number of rotatable bonds is 5. The molecular formula is C24H23N4O2S2+. The molecule has 32 heavy (non-hydrogen) atoms. The number of quaternary nitrogens is 1. The van der Waals surface area contributed by atoms with Crippen LogP contribution in [0.2, 0.25) is 0 Å². The van der Waals surface area contributed by atoms with Crippen LogP contribution in [0.3, 0.4) is 0 Å². The van der Waals surface area contributed by atoms with E-state index >= 15 is 0 Å². The first-order valence-electron chi connectivity index (χ1n) is 10.5. The third kappa shape index (κ3) is 4.09. The predicted molar refractivity (Wildman–Crippen MR) is 130 cm³/mol. The van der Waals surface area contributed by atoms with E-state index in [4.69, 9.17) is 4.98 Å². The van der Waals surface area contributed by atoms with Crippen LogP contribution in [0.1, 0.15) is 10.4 Å². The number of benzene rings is 2. The number of carbonyl (C=O) groups excluding carboxylic acids is 1. The summed E-state index contributed by atoms with van der Waals surface area (Å²) in [7, 11) is 2.18. The van der Waals surface area contributed by atoms with Gasteiger partial charge in [0.1, 0.15) is 11.4 Å². The topological polar surface area (TPSA) is 68.4 Å². The molecule has 0 bridgehead atoms. The molecule has 2 aromatic heterocycles. The van der Waals surface area contributed by atoms with Gasteiger partial charge in [0.2, 0.25) is 5.91 Å². The monoisotopic (exact) mass is 463 g/mol. The van der Waals surface area contributed by atoms with E-state index in [-0.39, 0.29) is 17.2 Å². The number of nitrogens with zero attached hydrogens (tertiary/aromatic N) is 2. The first-order chi connectivity index (χ1) is 15.6. The number of thiophene rings is 1. The van der Waals surface area contributed by atoms with Gasteiger partial charge in [0.25, 0.3) is 5.56 Å². The first kappa shape index (κ1) is 20.9. The van der Waals surface area contributed by atoms with E-state index in [1.165, 1.54) is 21.5 Å². The molecule has 2 aromatic carbocycles. The highest BCUT2D eigenvalue weighted by atomic mass is 32.2. The van der Waals surface area contributed by atoms with Crippen LogP contribution in [-0.2, 0) is 17.8 Å². The lowest BCUT2D eigenvalue weighted by atomic mass is 10.1. The average Bonchev–Trinajstić information content (AvgIpc) is 3.16. The summed E-state index contributed by atoms with van der Waals surface area (Å²) in [6.07, 6.45) is 0.888. The van der Waals surface area contributed by atoms with Crippen molar-refractivity contribution in [3.8, 4) is 5.69 Å². The van der Waals surface area contributed by atoms with Gasteiger partial charge in [-0.2, -0.15) is 0 Å². The van der Waals surface area contributed by atoms with E-state index in [0.29, 0.717) is 5.16 Å². The highest BCUT2D eigenvalue weighted by molar-refractivity contribution is 7.99. The van der Waals surface area contributed by atoms with E-state index in [9.17, 15) is 9.59 Å².